The summed E-state index contributed by atoms with van der Waals surface area (Å²) < 4.78 is 33.7. The lowest BCUT2D eigenvalue weighted by atomic mass is 10.2. The van der Waals surface area contributed by atoms with E-state index in [0.29, 0.717) is 23.9 Å². The summed E-state index contributed by atoms with van der Waals surface area (Å²) in [6, 6.07) is 15.7. The third kappa shape index (κ3) is 6.81. The van der Waals surface area contributed by atoms with Gasteiger partial charge in [0.2, 0.25) is 10.0 Å². The molecule has 0 unspecified atom stereocenters. The molecule has 0 bridgehead atoms. The van der Waals surface area contributed by atoms with Crippen LogP contribution in [0.2, 0.25) is 5.02 Å². The number of anilines is 2. The van der Waals surface area contributed by atoms with Crippen LogP contribution in [0.25, 0.3) is 5.82 Å². The average molecular weight is 577 g/mol. The maximum Gasteiger partial charge on any atom is 0.258 e. The number of halogens is 2. The van der Waals surface area contributed by atoms with Crippen molar-refractivity contribution in [3.63, 3.8) is 0 Å². The normalized spacial score (nSPS) is 11.2. The smallest absolute Gasteiger partial charge is 0.258 e. The highest BCUT2D eigenvalue weighted by atomic mass is 79.9. The Bertz CT molecular complexity index is 1490. The molecule has 12 heteroatoms. The van der Waals surface area contributed by atoms with Crippen LogP contribution in [0.4, 0.5) is 11.4 Å². The largest absolute Gasteiger partial charge is 0.485 e. The summed E-state index contributed by atoms with van der Waals surface area (Å²) >= 11 is 9.51. The lowest BCUT2D eigenvalue weighted by Gasteiger charge is -2.11. The minimum Gasteiger partial charge on any atom is -0.485 e. The van der Waals surface area contributed by atoms with E-state index >= 15 is 0 Å². The molecule has 0 spiro atoms. The molecule has 0 saturated carbocycles. The monoisotopic (exact) mass is 575 g/mol. The number of nitrogens with zero attached hydrogens (tertiary/aromatic N) is 3. The zero-order chi connectivity index (χ0) is 25.0. The number of ether oxygens (including phenoxy) is 1. The standard InChI is InChI=1S/C23H19BrClN5O4S/c1-35(32,33)29-20-10-18(25)9-19(11-20)28-23(31)16-12-27-30(13-16)22-21(6-3-7-26-22)34-14-15-4-2-5-17(24)8-15/h2-13,29H,14H2,1H3,(H,28,31). The molecule has 4 aromatic rings. The number of hydrogen-bond acceptors (Lipinski definition) is 6. The first-order chi connectivity index (χ1) is 16.7. The molecule has 2 heterocycles. The molecule has 4 rings (SSSR count). The first kappa shape index (κ1) is 24.7. The zero-order valence-corrected chi connectivity index (χ0v) is 21.4. The lowest BCUT2D eigenvalue weighted by Crippen LogP contribution is -2.13. The van der Waals surface area contributed by atoms with Crippen LogP contribution in [-0.4, -0.2) is 35.3 Å². The highest BCUT2D eigenvalue weighted by Crippen LogP contribution is 2.25. The predicted octanol–water partition coefficient (Wildman–Crippen LogP) is 4.89. The minimum absolute atomic E-state index is 0.228. The second kappa shape index (κ2) is 10.5. The van der Waals surface area contributed by atoms with Crippen molar-refractivity contribution in [1.82, 2.24) is 14.8 Å². The van der Waals surface area contributed by atoms with Crippen molar-refractivity contribution in [2.24, 2.45) is 0 Å². The Balaban J connectivity index is 1.50. The Morgan fingerprint density at radius 1 is 1.14 bits per heavy atom. The van der Waals surface area contributed by atoms with Crippen molar-refractivity contribution in [3.8, 4) is 11.6 Å². The van der Waals surface area contributed by atoms with Gasteiger partial charge in [-0.1, -0.05) is 39.7 Å². The van der Waals surface area contributed by atoms with Crippen LogP contribution in [0.15, 0.2) is 77.7 Å². The number of carbonyl (C=O) groups excluding carboxylic acids is 1. The van der Waals surface area contributed by atoms with E-state index in [1.165, 1.54) is 35.3 Å². The maximum absolute atomic E-state index is 12.8. The van der Waals surface area contributed by atoms with Gasteiger partial charge in [0.05, 0.1) is 23.7 Å². The lowest BCUT2D eigenvalue weighted by molar-refractivity contribution is 0.102. The van der Waals surface area contributed by atoms with Crippen molar-refractivity contribution in [2.45, 2.75) is 6.61 Å². The van der Waals surface area contributed by atoms with Crippen molar-refractivity contribution in [3.05, 3.63) is 93.8 Å². The Hall–Kier alpha value is -3.41. The van der Waals surface area contributed by atoms with Crippen LogP contribution in [0.1, 0.15) is 15.9 Å². The number of rotatable bonds is 8. The van der Waals surface area contributed by atoms with Crippen LogP contribution in [0.5, 0.6) is 5.75 Å². The molecule has 0 aliphatic heterocycles. The summed E-state index contributed by atoms with van der Waals surface area (Å²) in [5.74, 6) is 0.453. The average Bonchev–Trinajstić information content (AvgIpc) is 3.27. The Morgan fingerprint density at radius 3 is 2.71 bits per heavy atom. The van der Waals surface area contributed by atoms with E-state index in [0.717, 1.165) is 16.3 Å². The van der Waals surface area contributed by atoms with E-state index in [-0.39, 0.29) is 16.3 Å². The Kier molecular flexibility index (Phi) is 7.39. The molecule has 9 nitrogen and oxygen atoms in total. The first-order valence-electron chi connectivity index (χ1n) is 10.1. The van der Waals surface area contributed by atoms with Crippen molar-refractivity contribution in [2.75, 3.05) is 16.3 Å². The molecule has 35 heavy (non-hydrogen) atoms. The summed E-state index contributed by atoms with van der Waals surface area (Å²) in [4.78, 5) is 17.1. The van der Waals surface area contributed by atoms with E-state index in [4.69, 9.17) is 16.3 Å². The van der Waals surface area contributed by atoms with Crippen molar-refractivity contribution < 1.29 is 17.9 Å². The molecule has 2 N–H and O–H groups in total. The number of hydrogen-bond donors (Lipinski definition) is 2. The van der Waals surface area contributed by atoms with Crippen LogP contribution < -0.4 is 14.8 Å². The summed E-state index contributed by atoms with van der Waals surface area (Å²) in [7, 11) is -3.50. The molecule has 1 amide bonds. The highest BCUT2D eigenvalue weighted by Gasteiger charge is 2.15. The van der Waals surface area contributed by atoms with Crippen LogP contribution in [-0.2, 0) is 16.6 Å². The van der Waals surface area contributed by atoms with Gasteiger partial charge in [0.1, 0.15) is 6.61 Å². The molecule has 0 fully saturated rings. The van der Waals surface area contributed by atoms with E-state index < -0.39 is 15.9 Å². The summed E-state index contributed by atoms with van der Waals surface area (Å²) in [6.45, 7) is 0.325. The van der Waals surface area contributed by atoms with E-state index in [2.05, 4.69) is 36.1 Å². The zero-order valence-electron chi connectivity index (χ0n) is 18.3. The van der Waals surface area contributed by atoms with Crippen molar-refractivity contribution >= 4 is 54.8 Å². The molecule has 0 atom stereocenters. The fourth-order valence-electron chi connectivity index (χ4n) is 3.15. The third-order valence-electron chi connectivity index (χ3n) is 4.55. The minimum atomic E-state index is -3.50. The topological polar surface area (TPSA) is 115 Å². The Morgan fingerprint density at radius 2 is 1.94 bits per heavy atom. The molecule has 2 aromatic carbocycles. The van der Waals surface area contributed by atoms with E-state index in [9.17, 15) is 13.2 Å². The second-order valence-electron chi connectivity index (χ2n) is 7.47. The van der Waals surface area contributed by atoms with Gasteiger partial charge in [-0.3, -0.25) is 9.52 Å². The number of amides is 1. The molecule has 0 saturated heterocycles. The van der Waals surface area contributed by atoms with Gasteiger partial charge in [-0.25, -0.2) is 18.1 Å². The van der Waals surface area contributed by atoms with E-state index in [1.54, 1.807) is 18.3 Å². The first-order valence-corrected chi connectivity index (χ1v) is 13.2. The molecular formula is C23H19BrClN5O4S. The number of benzene rings is 2. The van der Waals surface area contributed by atoms with Gasteiger partial charge in [-0.05, 0) is 48.0 Å². The van der Waals surface area contributed by atoms with Gasteiger partial charge in [0.15, 0.2) is 11.6 Å². The maximum atomic E-state index is 12.8. The fourth-order valence-corrected chi connectivity index (χ4v) is 4.38. The van der Waals surface area contributed by atoms with Gasteiger partial charge in [-0.2, -0.15) is 5.10 Å². The quantitative estimate of drug-likeness (QED) is 0.309. The summed E-state index contributed by atoms with van der Waals surface area (Å²) in [5.41, 5.74) is 1.77. The van der Waals surface area contributed by atoms with Gasteiger partial charge < -0.3 is 10.1 Å². The molecule has 180 valence electrons. The number of carbonyl (C=O) groups is 1. The van der Waals surface area contributed by atoms with Crippen LogP contribution >= 0.6 is 27.5 Å². The van der Waals surface area contributed by atoms with Crippen molar-refractivity contribution in [1.29, 1.82) is 0 Å². The van der Waals surface area contributed by atoms with Gasteiger partial charge in [-0.15, -0.1) is 0 Å². The van der Waals surface area contributed by atoms with Gasteiger partial charge in [0.25, 0.3) is 5.91 Å². The van der Waals surface area contributed by atoms with Gasteiger partial charge in [0, 0.05) is 27.6 Å². The molecule has 0 aliphatic carbocycles. The number of aromatic nitrogens is 3. The van der Waals surface area contributed by atoms with E-state index in [1.807, 2.05) is 24.3 Å². The SMILES string of the molecule is CS(=O)(=O)Nc1cc(Cl)cc(NC(=O)c2cnn(-c3ncccc3OCc3cccc(Br)c3)c2)c1. The molecule has 0 aliphatic rings. The molecule has 2 aromatic heterocycles. The highest BCUT2D eigenvalue weighted by molar-refractivity contribution is 9.10. The Labute approximate surface area is 215 Å². The van der Waals surface area contributed by atoms with Crippen LogP contribution in [0, 0.1) is 0 Å². The predicted molar refractivity (Wildman–Crippen MR) is 138 cm³/mol. The summed E-state index contributed by atoms with van der Waals surface area (Å²) in [6.07, 6.45) is 5.53. The number of sulfonamides is 1. The summed E-state index contributed by atoms with van der Waals surface area (Å²) in [5, 5.41) is 7.19. The molecule has 0 radical (unpaired) electrons. The van der Waals surface area contributed by atoms with Gasteiger partial charge >= 0.3 is 0 Å². The number of nitrogens with one attached hydrogen (secondary N) is 2. The second-order valence-corrected chi connectivity index (χ2v) is 10.6. The fraction of sp³-hybridized carbons (Fsp3) is 0.0870. The van der Waals surface area contributed by atoms with Crippen LogP contribution in [0.3, 0.4) is 0 Å². The number of pyridine rings is 1. The third-order valence-corrected chi connectivity index (χ3v) is 5.87. The molecular weight excluding hydrogens is 558 g/mol.